The molecule has 3 N–H and O–H groups in total. The Morgan fingerprint density at radius 2 is 1.90 bits per heavy atom. The summed E-state index contributed by atoms with van der Waals surface area (Å²) in [4.78, 5) is 11.0. The summed E-state index contributed by atoms with van der Waals surface area (Å²) in [5.74, 6) is -0.215. The number of carbonyl (C=O) groups is 1. The molecule has 112 valence electrons. The molecule has 1 aromatic rings. The molecule has 0 fully saturated rings. The molecule has 1 unspecified atom stereocenters. The van der Waals surface area contributed by atoms with Crippen LogP contribution in [0.5, 0.6) is 0 Å². The molecule has 6 nitrogen and oxygen atoms in total. The van der Waals surface area contributed by atoms with Gasteiger partial charge < -0.3 is 10.4 Å². The Hall–Kier alpha value is -1.44. The fourth-order valence-electron chi connectivity index (χ4n) is 1.71. The molecule has 7 heteroatoms. The van der Waals surface area contributed by atoms with Gasteiger partial charge in [0, 0.05) is 25.3 Å². The Balaban J connectivity index is 2.84. The van der Waals surface area contributed by atoms with E-state index < -0.39 is 10.0 Å². The van der Waals surface area contributed by atoms with Gasteiger partial charge in [0.25, 0.3) is 0 Å². The molecule has 1 amide bonds. The second-order valence-electron chi connectivity index (χ2n) is 4.44. The number of rotatable bonds is 7. The number of sulfonamides is 1. The van der Waals surface area contributed by atoms with Crippen molar-refractivity contribution in [1.29, 1.82) is 0 Å². The minimum atomic E-state index is -3.61. The van der Waals surface area contributed by atoms with E-state index in [1.54, 1.807) is 0 Å². The van der Waals surface area contributed by atoms with Crippen LogP contribution >= 0.6 is 0 Å². The minimum absolute atomic E-state index is 0.0670. The topological polar surface area (TPSA) is 95.5 Å². The first kappa shape index (κ1) is 16.6. The van der Waals surface area contributed by atoms with Gasteiger partial charge in [0.1, 0.15) is 0 Å². The lowest BCUT2D eigenvalue weighted by atomic mass is 10.2. The highest BCUT2D eigenvalue weighted by Gasteiger charge is 2.18. The Morgan fingerprint density at radius 3 is 2.35 bits per heavy atom. The van der Waals surface area contributed by atoms with Crippen LogP contribution in [0.25, 0.3) is 0 Å². The van der Waals surface area contributed by atoms with Gasteiger partial charge in [-0.05, 0) is 37.1 Å². The van der Waals surface area contributed by atoms with Crippen molar-refractivity contribution in [1.82, 2.24) is 4.72 Å². The maximum Gasteiger partial charge on any atom is 0.240 e. The predicted octanol–water partition coefficient (Wildman–Crippen LogP) is 1.08. The van der Waals surface area contributed by atoms with Crippen LogP contribution in [0.2, 0.25) is 0 Å². The van der Waals surface area contributed by atoms with Crippen LogP contribution in [0.3, 0.4) is 0 Å². The number of amides is 1. The van der Waals surface area contributed by atoms with Crippen LogP contribution < -0.4 is 10.0 Å². The van der Waals surface area contributed by atoms with Crippen LogP contribution in [-0.4, -0.2) is 32.1 Å². The highest BCUT2D eigenvalue weighted by Crippen LogP contribution is 2.15. The van der Waals surface area contributed by atoms with Crippen molar-refractivity contribution in [2.24, 2.45) is 0 Å². The molecule has 1 atom stereocenters. The van der Waals surface area contributed by atoms with Crippen LogP contribution in [-0.2, 0) is 14.8 Å². The summed E-state index contributed by atoms with van der Waals surface area (Å²) in [5, 5.41) is 11.4. The zero-order valence-corrected chi connectivity index (χ0v) is 12.4. The van der Waals surface area contributed by atoms with Crippen molar-refractivity contribution in [2.75, 3.05) is 11.9 Å². The molecule has 1 aromatic carbocycles. The molecule has 0 aliphatic heterocycles. The standard InChI is InChI=1S/C13H20N2O4S/c1-3-11(8-9-16)15-20(18,19)13-6-4-12(5-7-13)14-10(2)17/h4-7,11,15-16H,3,8-9H2,1-2H3,(H,14,17). The van der Waals surface area contributed by atoms with Crippen LogP contribution in [0.4, 0.5) is 5.69 Å². The van der Waals surface area contributed by atoms with Gasteiger partial charge in [-0.1, -0.05) is 6.92 Å². The quantitative estimate of drug-likeness (QED) is 0.702. The molecule has 1 rings (SSSR count). The largest absolute Gasteiger partial charge is 0.396 e. The molecule has 0 radical (unpaired) electrons. The molecule has 0 aliphatic carbocycles. The van der Waals surface area contributed by atoms with E-state index in [2.05, 4.69) is 10.0 Å². The Bertz CT molecular complexity index is 540. The zero-order valence-electron chi connectivity index (χ0n) is 11.6. The maximum absolute atomic E-state index is 12.1. The summed E-state index contributed by atoms with van der Waals surface area (Å²) in [6, 6.07) is 5.63. The van der Waals surface area contributed by atoms with Crippen LogP contribution in [0.15, 0.2) is 29.2 Å². The third kappa shape index (κ3) is 4.92. The first-order valence-electron chi connectivity index (χ1n) is 6.40. The Labute approximate surface area is 119 Å². The first-order chi connectivity index (χ1) is 9.39. The van der Waals surface area contributed by atoms with E-state index >= 15 is 0 Å². The Kier molecular flexibility index (Phi) is 6.12. The van der Waals surface area contributed by atoms with Crippen LogP contribution in [0, 0.1) is 0 Å². The Morgan fingerprint density at radius 1 is 1.30 bits per heavy atom. The monoisotopic (exact) mass is 300 g/mol. The molecule has 0 aliphatic rings. The SMILES string of the molecule is CCC(CCO)NS(=O)(=O)c1ccc(NC(C)=O)cc1. The van der Waals surface area contributed by atoms with E-state index in [9.17, 15) is 13.2 Å². The van der Waals surface area contributed by atoms with E-state index in [4.69, 9.17) is 5.11 Å². The number of anilines is 1. The molecule has 0 bridgehead atoms. The second-order valence-corrected chi connectivity index (χ2v) is 6.16. The van der Waals surface area contributed by atoms with E-state index in [1.807, 2.05) is 6.92 Å². The van der Waals surface area contributed by atoms with Gasteiger partial charge in [-0.3, -0.25) is 4.79 Å². The molecule has 0 saturated heterocycles. The van der Waals surface area contributed by atoms with Gasteiger partial charge in [-0.2, -0.15) is 0 Å². The predicted molar refractivity (Wildman–Crippen MR) is 76.8 cm³/mol. The van der Waals surface area contributed by atoms with Gasteiger partial charge in [-0.15, -0.1) is 0 Å². The third-order valence-electron chi connectivity index (χ3n) is 2.78. The maximum atomic E-state index is 12.1. The number of aliphatic hydroxyl groups is 1. The molecule has 0 spiro atoms. The number of carbonyl (C=O) groups excluding carboxylic acids is 1. The number of aliphatic hydroxyl groups excluding tert-OH is 1. The average molecular weight is 300 g/mol. The molecule has 20 heavy (non-hydrogen) atoms. The number of hydrogen-bond donors (Lipinski definition) is 3. The van der Waals surface area contributed by atoms with Crippen LogP contribution in [0.1, 0.15) is 26.7 Å². The number of benzene rings is 1. The number of hydrogen-bond acceptors (Lipinski definition) is 4. The minimum Gasteiger partial charge on any atom is -0.396 e. The van der Waals surface area contributed by atoms with Crippen molar-refractivity contribution >= 4 is 21.6 Å². The smallest absolute Gasteiger partial charge is 0.240 e. The summed E-state index contributed by atoms with van der Waals surface area (Å²) in [7, 11) is -3.61. The molecular weight excluding hydrogens is 280 g/mol. The highest BCUT2D eigenvalue weighted by atomic mass is 32.2. The van der Waals surface area contributed by atoms with Crippen molar-refractivity contribution < 1.29 is 18.3 Å². The van der Waals surface area contributed by atoms with Crippen molar-refractivity contribution in [3.05, 3.63) is 24.3 Å². The lowest BCUT2D eigenvalue weighted by molar-refractivity contribution is -0.114. The van der Waals surface area contributed by atoms with Gasteiger partial charge in [0.2, 0.25) is 15.9 Å². The second kappa shape index (κ2) is 7.37. The van der Waals surface area contributed by atoms with Crippen molar-refractivity contribution in [2.45, 2.75) is 37.6 Å². The van der Waals surface area contributed by atoms with E-state index in [0.717, 1.165) is 0 Å². The average Bonchev–Trinajstić information content (AvgIpc) is 2.38. The van der Waals surface area contributed by atoms with Gasteiger partial charge >= 0.3 is 0 Å². The van der Waals surface area contributed by atoms with E-state index in [1.165, 1.54) is 31.2 Å². The summed E-state index contributed by atoms with van der Waals surface area (Å²) in [5.41, 5.74) is 0.541. The summed E-state index contributed by atoms with van der Waals surface area (Å²) in [6.07, 6.45) is 0.976. The highest BCUT2D eigenvalue weighted by molar-refractivity contribution is 7.89. The fraction of sp³-hybridized carbons (Fsp3) is 0.462. The van der Waals surface area contributed by atoms with Gasteiger partial charge in [0.15, 0.2) is 0 Å². The normalized spacial score (nSPS) is 12.9. The molecule has 0 aromatic heterocycles. The molecule has 0 saturated carbocycles. The molecular formula is C13H20N2O4S. The van der Waals surface area contributed by atoms with Crippen molar-refractivity contribution in [3.8, 4) is 0 Å². The van der Waals surface area contributed by atoms with E-state index in [-0.39, 0.29) is 23.5 Å². The molecule has 0 heterocycles. The third-order valence-corrected chi connectivity index (χ3v) is 4.31. The lowest BCUT2D eigenvalue weighted by Gasteiger charge is -2.16. The zero-order chi connectivity index (χ0) is 15.2. The lowest BCUT2D eigenvalue weighted by Crippen LogP contribution is -2.35. The van der Waals surface area contributed by atoms with Gasteiger partial charge in [-0.25, -0.2) is 13.1 Å². The van der Waals surface area contributed by atoms with E-state index in [0.29, 0.717) is 18.5 Å². The number of nitrogens with one attached hydrogen (secondary N) is 2. The first-order valence-corrected chi connectivity index (χ1v) is 7.88. The van der Waals surface area contributed by atoms with Gasteiger partial charge in [0.05, 0.1) is 4.90 Å². The summed E-state index contributed by atoms with van der Waals surface area (Å²) >= 11 is 0. The van der Waals surface area contributed by atoms with Crippen molar-refractivity contribution in [3.63, 3.8) is 0 Å². The fourth-order valence-corrected chi connectivity index (χ4v) is 3.06. The summed E-state index contributed by atoms with van der Waals surface area (Å²) in [6.45, 7) is 3.16. The summed E-state index contributed by atoms with van der Waals surface area (Å²) < 4.78 is 26.8.